The highest BCUT2D eigenvalue weighted by Crippen LogP contribution is 2.00. The van der Waals surface area contributed by atoms with Gasteiger partial charge in [0.1, 0.15) is 0 Å². The molecule has 4 heteroatoms. The molecule has 4 nitrogen and oxygen atoms in total. The van der Waals surface area contributed by atoms with Crippen LogP contribution in [-0.4, -0.2) is 20.9 Å². The Labute approximate surface area is 66.4 Å². The molecule has 1 aromatic rings. The summed E-state index contributed by atoms with van der Waals surface area (Å²) in [4.78, 5) is 0. The van der Waals surface area contributed by atoms with Gasteiger partial charge in [-0.15, -0.1) is 5.10 Å². The van der Waals surface area contributed by atoms with E-state index in [9.17, 15) is 0 Å². The monoisotopic (exact) mass is 154 g/mol. The Morgan fingerprint density at radius 2 is 2.27 bits per heavy atom. The van der Waals surface area contributed by atoms with E-state index in [1.54, 1.807) is 6.20 Å². The average molecular weight is 154 g/mol. The molecular weight excluding hydrogens is 140 g/mol. The van der Waals surface area contributed by atoms with Crippen molar-refractivity contribution in [1.29, 1.82) is 0 Å². The lowest BCUT2D eigenvalue weighted by Crippen LogP contribution is -2.35. The highest BCUT2D eigenvalue weighted by molar-refractivity contribution is 4.90. The number of hydrogen-bond acceptors (Lipinski definition) is 3. The summed E-state index contributed by atoms with van der Waals surface area (Å²) in [6.07, 6.45) is 1.79. The summed E-state index contributed by atoms with van der Waals surface area (Å²) in [6, 6.07) is 0. The molecule has 2 N–H and O–H groups in total. The van der Waals surface area contributed by atoms with Crippen LogP contribution in [0.25, 0.3) is 0 Å². The highest BCUT2D eigenvalue weighted by atomic mass is 15.3. The van der Waals surface area contributed by atoms with Gasteiger partial charge in [0.15, 0.2) is 0 Å². The van der Waals surface area contributed by atoms with E-state index in [2.05, 4.69) is 41.5 Å². The van der Waals surface area contributed by atoms with E-state index in [4.69, 9.17) is 0 Å². The van der Waals surface area contributed by atoms with Crippen LogP contribution in [0.15, 0.2) is 6.20 Å². The summed E-state index contributed by atoms with van der Waals surface area (Å²) in [5, 5.41) is 13.4. The molecule has 0 spiro atoms. The van der Waals surface area contributed by atoms with Crippen LogP contribution in [0.1, 0.15) is 26.5 Å². The SMILES string of the molecule is CC(C)(C)NCc1c[nH]nn1. The van der Waals surface area contributed by atoms with Crippen LogP contribution in [0.5, 0.6) is 0 Å². The van der Waals surface area contributed by atoms with Crippen LogP contribution in [-0.2, 0) is 6.54 Å². The van der Waals surface area contributed by atoms with Crippen molar-refractivity contribution in [3.8, 4) is 0 Å². The zero-order valence-electron chi connectivity index (χ0n) is 7.18. The normalized spacial score (nSPS) is 11.9. The Balaban J connectivity index is 2.35. The lowest BCUT2D eigenvalue weighted by molar-refractivity contribution is 0.421. The quantitative estimate of drug-likeness (QED) is 0.659. The van der Waals surface area contributed by atoms with Crippen LogP contribution < -0.4 is 5.32 Å². The van der Waals surface area contributed by atoms with Crippen molar-refractivity contribution in [2.75, 3.05) is 0 Å². The van der Waals surface area contributed by atoms with Crippen LogP contribution in [0, 0.1) is 0 Å². The van der Waals surface area contributed by atoms with Gasteiger partial charge in [-0.1, -0.05) is 5.21 Å². The highest BCUT2D eigenvalue weighted by Gasteiger charge is 2.08. The topological polar surface area (TPSA) is 53.6 Å². The lowest BCUT2D eigenvalue weighted by Gasteiger charge is -2.19. The van der Waals surface area contributed by atoms with Crippen molar-refractivity contribution in [3.05, 3.63) is 11.9 Å². The van der Waals surface area contributed by atoms with E-state index in [0.717, 1.165) is 12.2 Å². The predicted molar refractivity (Wildman–Crippen MR) is 43.0 cm³/mol. The van der Waals surface area contributed by atoms with E-state index < -0.39 is 0 Å². The molecule has 0 saturated heterocycles. The Kier molecular flexibility index (Phi) is 2.24. The van der Waals surface area contributed by atoms with E-state index in [1.807, 2.05) is 0 Å². The van der Waals surface area contributed by atoms with E-state index in [1.165, 1.54) is 0 Å². The van der Waals surface area contributed by atoms with Crippen molar-refractivity contribution < 1.29 is 0 Å². The third-order valence-corrected chi connectivity index (χ3v) is 1.27. The molecule has 62 valence electrons. The molecule has 11 heavy (non-hydrogen) atoms. The fraction of sp³-hybridized carbons (Fsp3) is 0.714. The first-order chi connectivity index (χ1) is 5.08. The first kappa shape index (κ1) is 8.20. The van der Waals surface area contributed by atoms with Gasteiger partial charge in [0, 0.05) is 18.3 Å². The van der Waals surface area contributed by atoms with E-state index >= 15 is 0 Å². The maximum Gasteiger partial charge on any atom is 0.0962 e. The second-order valence-corrected chi connectivity index (χ2v) is 3.57. The molecule has 0 aliphatic carbocycles. The number of nitrogens with zero attached hydrogens (tertiary/aromatic N) is 2. The third-order valence-electron chi connectivity index (χ3n) is 1.27. The molecule has 0 aliphatic heterocycles. The van der Waals surface area contributed by atoms with Gasteiger partial charge in [0.2, 0.25) is 0 Å². The Bertz CT molecular complexity index is 197. The van der Waals surface area contributed by atoms with Crippen LogP contribution in [0.2, 0.25) is 0 Å². The zero-order valence-corrected chi connectivity index (χ0v) is 7.18. The molecule has 0 aliphatic rings. The second kappa shape index (κ2) is 3.00. The van der Waals surface area contributed by atoms with Crippen LogP contribution >= 0.6 is 0 Å². The summed E-state index contributed by atoms with van der Waals surface area (Å²) >= 11 is 0. The number of rotatable bonds is 2. The zero-order chi connectivity index (χ0) is 8.32. The minimum Gasteiger partial charge on any atom is -0.306 e. The van der Waals surface area contributed by atoms with Gasteiger partial charge in [-0.3, -0.25) is 5.10 Å². The largest absolute Gasteiger partial charge is 0.306 e. The third kappa shape index (κ3) is 3.13. The fourth-order valence-corrected chi connectivity index (χ4v) is 0.667. The molecule has 0 saturated carbocycles. The minimum atomic E-state index is 0.138. The smallest absolute Gasteiger partial charge is 0.0962 e. The maximum atomic E-state index is 3.85. The van der Waals surface area contributed by atoms with Crippen molar-refractivity contribution >= 4 is 0 Å². The van der Waals surface area contributed by atoms with Gasteiger partial charge < -0.3 is 5.32 Å². The molecule has 1 rings (SSSR count). The number of aromatic amines is 1. The van der Waals surface area contributed by atoms with Crippen LogP contribution in [0.3, 0.4) is 0 Å². The van der Waals surface area contributed by atoms with Gasteiger partial charge in [-0.05, 0) is 20.8 Å². The van der Waals surface area contributed by atoms with Gasteiger partial charge >= 0.3 is 0 Å². The first-order valence-corrected chi connectivity index (χ1v) is 3.68. The first-order valence-electron chi connectivity index (χ1n) is 3.68. The molecule has 0 amide bonds. The van der Waals surface area contributed by atoms with Gasteiger partial charge in [0.05, 0.1) is 5.69 Å². The van der Waals surface area contributed by atoms with E-state index in [0.29, 0.717) is 0 Å². The predicted octanol–water partition coefficient (Wildman–Crippen LogP) is 0.693. The van der Waals surface area contributed by atoms with Crippen molar-refractivity contribution in [2.45, 2.75) is 32.9 Å². The molecular formula is C7H14N4. The lowest BCUT2D eigenvalue weighted by atomic mass is 10.1. The fourth-order valence-electron chi connectivity index (χ4n) is 0.667. The van der Waals surface area contributed by atoms with Crippen molar-refractivity contribution in [1.82, 2.24) is 20.7 Å². The summed E-state index contributed by atoms with van der Waals surface area (Å²) in [5.74, 6) is 0. The number of aromatic nitrogens is 3. The van der Waals surface area contributed by atoms with Gasteiger partial charge in [0.25, 0.3) is 0 Å². The van der Waals surface area contributed by atoms with Crippen molar-refractivity contribution in [3.63, 3.8) is 0 Å². The van der Waals surface area contributed by atoms with Crippen LogP contribution in [0.4, 0.5) is 0 Å². The Morgan fingerprint density at radius 1 is 1.55 bits per heavy atom. The standard InChI is InChI=1S/C7H14N4/c1-7(2,3)8-4-6-5-9-11-10-6/h5,8H,4H2,1-3H3,(H,9,10,11). The molecule has 0 fully saturated rings. The van der Waals surface area contributed by atoms with Gasteiger partial charge in [-0.25, -0.2) is 0 Å². The molecule has 0 atom stereocenters. The summed E-state index contributed by atoms with van der Waals surface area (Å²) in [5.41, 5.74) is 1.08. The van der Waals surface area contributed by atoms with Gasteiger partial charge in [-0.2, -0.15) is 0 Å². The average Bonchev–Trinajstić information content (AvgIpc) is 2.32. The maximum absolute atomic E-state index is 3.85. The summed E-state index contributed by atoms with van der Waals surface area (Å²) in [6.45, 7) is 7.12. The number of H-pyrrole nitrogens is 1. The van der Waals surface area contributed by atoms with E-state index in [-0.39, 0.29) is 5.54 Å². The Morgan fingerprint density at radius 3 is 2.73 bits per heavy atom. The molecule has 1 aromatic heterocycles. The molecule has 0 aromatic carbocycles. The second-order valence-electron chi connectivity index (χ2n) is 3.57. The molecule has 0 radical (unpaired) electrons. The molecule has 0 unspecified atom stereocenters. The Hall–Kier alpha value is -0.900. The number of nitrogens with one attached hydrogen (secondary N) is 2. The molecule has 0 bridgehead atoms. The van der Waals surface area contributed by atoms with Crippen molar-refractivity contribution in [2.24, 2.45) is 0 Å². The molecule has 1 heterocycles. The summed E-state index contributed by atoms with van der Waals surface area (Å²) in [7, 11) is 0. The minimum absolute atomic E-state index is 0.138. The summed E-state index contributed by atoms with van der Waals surface area (Å²) < 4.78 is 0. The number of hydrogen-bond donors (Lipinski definition) is 2.